The Morgan fingerprint density at radius 2 is 2.31 bits per heavy atom. The SMILES string of the molecule is CCOCC(C)Nc1nc(NC)ncc1F. The highest BCUT2D eigenvalue weighted by molar-refractivity contribution is 5.41. The maximum absolute atomic E-state index is 13.3. The molecule has 16 heavy (non-hydrogen) atoms. The lowest BCUT2D eigenvalue weighted by atomic mass is 10.3. The van der Waals surface area contributed by atoms with Crippen LogP contribution >= 0.6 is 0 Å². The number of aromatic nitrogens is 2. The van der Waals surface area contributed by atoms with Crippen LogP contribution in [0.1, 0.15) is 13.8 Å². The number of hydrogen-bond acceptors (Lipinski definition) is 5. The van der Waals surface area contributed by atoms with Crippen LogP contribution in [0.15, 0.2) is 6.20 Å². The molecule has 6 heteroatoms. The summed E-state index contributed by atoms with van der Waals surface area (Å²) in [5.41, 5.74) is 0. The van der Waals surface area contributed by atoms with Gasteiger partial charge in [-0.3, -0.25) is 0 Å². The van der Waals surface area contributed by atoms with E-state index in [1.165, 1.54) is 0 Å². The fraction of sp³-hybridized carbons (Fsp3) is 0.600. The van der Waals surface area contributed by atoms with Crippen LogP contribution in [-0.2, 0) is 4.74 Å². The molecule has 1 aromatic heterocycles. The van der Waals surface area contributed by atoms with Crippen LogP contribution in [-0.4, -0.2) is 36.3 Å². The van der Waals surface area contributed by atoms with Crippen molar-refractivity contribution < 1.29 is 9.13 Å². The maximum atomic E-state index is 13.3. The van der Waals surface area contributed by atoms with Crippen molar-refractivity contribution in [3.8, 4) is 0 Å². The summed E-state index contributed by atoms with van der Waals surface area (Å²) in [5, 5.41) is 5.68. The second-order valence-corrected chi connectivity index (χ2v) is 3.35. The fourth-order valence-electron chi connectivity index (χ4n) is 1.16. The van der Waals surface area contributed by atoms with E-state index >= 15 is 0 Å². The van der Waals surface area contributed by atoms with E-state index in [1.807, 2.05) is 13.8 Å². The van der Waals surface area contributed by atoms with Gasteiger partial charge < -0.3 is 15.4 Å². The predicted octanol–water partition coefficient (Wildman–Crippen LogP) is 1.49. The van der Waals surface area contributed by atoms with Gasteiger partial charge in [-0.15, -0.1) is 0 Å². The summed E-state index contributed by atoms with van der Waals surface area (Å²) in [6.07, 6.45) is 1.13. The van der Waals surface area contributed by atoms with Crippen LogP contribution in [0.25, 0.3) is 0 Å². The van der Waals surface area contributed by atoms with Gasteiger partial charge in [-0.25, -0.2) is 9.37 Å². The molecule has 0 fully saturated rings. The summed E-state index contributed by atoms with van der Waals surface area (Å²) in [6, 6.07) is -0.00550. The molecular formula is C10H17FN4O. The van der Waals surface area contributed by atoms with E-state index in [0.717, 1.165) is 6.20 Å². The Bertz CT molecular complexity index is 335. The van der Waals surface area contributed by atoms with Crippen molar-refractivity contribution in [1.29, 1.82) is 0 Å². The molecule has 0 radical (unpaired) electrons. The molecule has 90 valence electrons. The van der Waals surface area contributed by atoms with Gasteiger partial charge in [0.1, 0.15) is 0 Å². The minimum atomic E-state index is -0.470. The lowest BCUT2D eigenvalue weighted by Crippen LogP contribution is -2.23. The summed E-state index contributed by atoms with van der Waals surface area (Å²) >= 11 is 0. The van der Waals surface area contributed by atoms with Crippen LogP contribution < -0.4 is 10.6 Å². The minimum Gasteiger partial charge on any atom is -0.380 e. The van der Waals surface area contributed by atoms with E-state index in [-0.39, 0.29) is 11.9 Å². The molecule has 5 nitrogen and oxygen atoms in total. The van der Waals surface area contributed by atoms with Crippen LogP contribution in [0.4, 0.5) is 16.2 Å². The van der Waals surface area contributed by atoms with E-state index in [4.69, 9.17) is 4.74 Å². The first-order valence-corrected chi connectivity index (χ1v) is 5.22. The summed E-state index contributed by atoms with van der Waals surface area (Å²) < 4.78 is 18.6. The second kappa shape index (κ2) is 6.22. The topological polar surface area (TPSA) is 59.1 Å². The Balaban J connectivity index is 2.64. The zero-order valence-corrected chi connectivity index (χ0v) is 9.75. The largest absolute Gasteiger partial charge is 0.380 e. The van der Waals surface area contributed by atoms with E-state index in [2.05, 4.69) is 20.6 Å². The smallest absolute Gasteiger partial charge is 0.224 e. The van der Waals surface area contributed by atoms with Gasteiger partial charge in [0.2, 0.25) is 5.95 Å². The van der Waals surface area contributed by atoms with Crippen LogP contribution in [0.2, 0.25) is 0 Å². The second-order valence-electron chi connectivity index (χ2n) is 3.35. The molecule has 0 spiro atoms. The first-order chi connectivity index (χ1) is 7.67. The molecule has 0 aliphatic carbocycles. The molecular weight excluding hydrogens is 211 g/mol. The molecule has 1 unspecified atom stereocenters. The molecule has 0 aromatic carbocycles. The molecule has 0 bridgehead atoms. The average Bonchev–Trinajstić information content (AvgIpc) is 2.29. The molecule has 0 saturated heterocycles. The Morgan fingerprint density at radius 1 is 1.56 bits per heavy atom. The van der Waals surface area contributed by atoms with Crippen molar-refractivity contribution in [3.05, 3.63) is 12.0 Å². The molecule has 1 aromatic rings. The van der Waals surface area contributed by atoms with Crippen molar-refractivity contribution in [2.45, 2.75) is 19.9 Å². The molecule has 2 N–H and O–H groups in total. The summed E-state index contributed by atoms with van der Waals surface area (Å²) in [6.45, 7) is 4.96. The maximum Gasteiger partial charge on any atom is 0.224 e. The molecule has 1 rings (SSSR count). The average molecular weight is 228 g/mol. The first-order valence-electron chi connectivity index (χ1n) is 5.22. The number of rotatable bonds is 6. The highest BCUT2D eigenvalue weighted by atomic mass is 19.1. The predicted molar refractivity (Wildman–Crippen MR) is 61.1 cm³/mol. The van der Waals surface area contributed by atoms with Crippen molar-refractivity contribution in [1.82, 2.24) is 9.97 Å². The molecule has 1 atom stereocenters. The first kappa shape index (κ1) is 12.6. The number of ether oxygens (including phenoxy) is 1. The number of halogens is 1. The molecule has 0 saturated carbocycles. The summed E-state index contributed by atoms with van der Waals surface area (Å²) in [5.74, 6) is 0.0985. The van der Waals surface area contributed by atoms with Crippen molar-refractivity contribution in [3.63, 3.8) is 0 Å². The zero-order valence-electron chi connectivity index (χ0n) is 9.75. The normalized spacial score (nSPS) is 12.2. The third kappa shape index (κ3) is 3.62. The Hall–Kier alpha value is -1.43. The van der Waals surface area contributed by atoms with Crippen molar-refractivity contribution in [2.75, 3.05) is 30.9 Å². The molecule has 0 amide bonds. The van der Waals surface area contributed by atoms with E-state index in [0.29, 0.717) is 19.2 Å². The highest BCUT2D eigenvalue weighted by Crippen LogP contribution is 2.12. The summed E-state index contributed by atoms with van der Waals surface area (Å²) in [7, 11) is 1.68. The quantitative estimate of drug-likeness (QED) is 0.772. The fourth-order valence-corrected chi connectivity index (χ4v) is 1.16. The van der Waals surface area contributed by atoms with Gasteiger partial charge in [0.25, 0.3) is 0 Å². The Kier molecular flexibility index (Phi) is 4.91. The number of nitrogens with one attached hydrogen (secondary N) is 2. The van der Waals surface area contributed by atoms with Crippen LogP contribution in [0.5, 0.6) is 0 Å². The zero-order chi connectivity index (χ0) is 12.0. The van der Waals surface area contributed by atoms with Crippen molar-refractivity contribution >= 4 is 11.8 Å². The third-order valence-corrected chi connectivity index (χ3v) is 1.92. The lowest BCUT2D eigenvalue weighted by molar-refractivity contribution is 0.141. The number of anilines is 2. The van der Waals surface area contributed by atoms with E-state index in [1.54, 1.807) is 7.05 Å². The highest BCUT2D eigenvalue weighted by Gasteiger charge is 2.09. The third-order valence-electron chi connectivity index (χ3n) is 1.92. The number of hydrogen-bond donors (Lipinski definition) is 2. The van der Waals surface area contributed by atoms with Gasteiger partial charge in [0.05, 0.1) is 12.8 Å². The standard InChI is InChI=1S/C10H17FN4O/c1-4-16-6-7(2)14-9-8(11)5-13-10(12-3)15-9/h5,7H,4,6H2,1-3H3,(H2,12,13,14,15). The molecule has 0 aliphatic rings. The monoisotopic (exact) mass is 228 g/mol. The van der Waals surface area contributed by atoms with E-state index < -0.39 is 5.82 Å². The van der Waals surface area contributed by atoms with Gasteiger partial charge in [-0.2, -0.15) is 4.98 Å². The Labute approximate surface area is 94.4 Å². The van der Waals surface area contributed by atoms with Gasteiger partial charge in [-0.05, 0) is 13.8 Å². The van der Waals surface area contributed by atoms with Crippen molar-refractivity contribution in [2.24, 2.45) is 0 Å². The lowest BCUT2D eigenvalue weighted by Gasteiger charge is -2.14. The molecule has 1 heterocycles. The Morgan fingerprint density at radius 3 is 2.94 bits per heavy atom. The summed E-state index contributed by atoms with van der Waals surface area (Å²) in [4.78, 5) is 7.73. The van der Waals surface area contributed by atoms with Gasteiger partial charge in [-0.1, -0.05) is 0 Å². The van der Waals surface area contributed by atoms with Gasteiger partial charge >= 0.3 is 0 Å². The van der Waals surface area contributed by atoms with Crippen LogP contribution in [0, 0.1) is 5.82 Å². The van der Waals surface area contributed by atoms with Crippen LogP contribution in [0.3, 0.4) is 0 Å². The minimum absolute atomic E-state index is 0.00550. The molecule has 0 aliphatic heterocycles. The number of nitrogens with zero attached hydrogens (tertiary/aromatic N) is 2. The van der Waals surface area contributed by atoms with Gasteiger partial charge in [0, 0.05) is 19.7 Å². The van der Waals surface area contributed by atoms with E-state index in [9.17, 15) is 4.39 Å². The van der Waals surface area contributed by atoms with Gasteiger partial charge in [0.15, 0.2) is 11.6 Å².